The van der Waals surface area contributed by atoms with Crippen LogP contribution >= 0.6 is 0 Å². The maximum atomic E-state index is 6.41. The van der Waals surface area contributed by atoms with Crippen LogP contribution in [0.25, 0.3) is 82.8 Å². The van der Waals surface area contributed by atoms with Crippen molar-refractivity contribution in [1.29, 1.82) is 0 Å². The Morgan fingerprint density at radius 1 is 0.298 bits per heavy atom. The second kappa shape index (κ2) is 13.6. The number of aromatic nitrogens is 1. The molecule has 2 aromatic heterocycles. The van der Waals surface area contributed by atoms with Crippen molar-refractivity contribution in [2.75, 3.05) is 4.90 Å². The molecular formula is C54H36N2O. The number of hydrogen-bond donors (Lipinski definition) is 0. The monoisotopic (exact) mass is 728 g/mol. The standard InChI is InChI=1S/C54H36N2O/c1-4-14-37(15-5-1)38-24-28-45(29-25-38)55(43-16-6-2-7-17-43)46-33-41(32-42(34-46)40-26-30-49-48-21-11-13-23-53(48)57-54(49)36-40)39-27-31-52-50(35-39)47-20-10-12-22-51(47)56(52)44-18-8-3-9-19-44/h1-36H. The summed E-state index contributed by atoms with van der Waals surface area (Å²) in [7, 11) is 0. The predicted octanol–water partition coefficient (Wildman–Crippen LogP) is 15.2. The van der Waals surface area contributed by atoms with E-state index in [1.54, 1.807) is 0 Å². The average Bonchev–Trinajstić information content (AvgIpc) is 3.83. The summed E-state index contributed by atoms with van der Waals surface area (Å²) in [5.41, 5.74) is 15.4. The molecule has 3 nitrogen and oxygen atoms in total. The summed E-state index contributed by atoms with van der Waals surface area (Å²) in [5.74, 6) is 0. The number of rotatable bonds is 7. The lowest BCUT2D eigenvalue weighted by Gasteiger charge is -2.27. The fraction of sp³-hybridized carbons (Fsp3) is 0. The van der Waals surface area contributed by atoms with E-state index in [-0.39, 0.29) is 0 Å². The lowest BCUT2D eigenvalue weighted by atomic mass is 9.95. The van der Waals surface area contributed by atoms with Crippen LogP contribution < -0.4 is 4.90 Å². The molecule has 2 heterocycles. The maximum absolute atomic E-state index is 6.41. The Bertz CT molecular complexity index is 3220. The molecule has 0 fully saturated rings. The number of furan rings is 1. The molecule has 0 spiro atoms. The molecule has 3 heteroatoms. The topological polar surface area (TPSA) is 21.3 Å². The lowest BCUT2D eigenvalue weighted by Crippen LogP contribution is -2.10. The Kier molecular flexibility index (Phi) is 7.82. The number of hydrogen-bond acceptors (Lipinski definition) is 2. The van der Waals surface area contributed by atoms with Gasteiger partial charge in [-0.3, -0.25) is 0 Å². The van der Waals surface area contributed by atoms with E-state index in [0.717, 1.165) is 66.9 Å². The van der Waals surface area contributed by atoms with Gasteiger partial charge in [-0.25, -0.2) is 0 Å². The maximum Gasteiger partial charge on any atom is 0.136 e. The summed E-state index contributed by atoms with van der Waals surface area (Å²) >= 11 is 0. The molecule has 0 amide bonds. The van der Waals surface area contributed by atoms with Crippen molar-refractivity contribution in [3.8, 4) is 39.1 Å². The molecule has 11 aromatic rings. The van der Waals surface area contributed by atoms with Crippen LogP contribution in [-0.4, -0.2) is 4.57 Å². The molecule has 0 aliphatic rings. The number of anilines is 3. The first kappa shape index (κ1) is 32.8. The first-order valence-corrected chi connectivity index (χ1v) is 19.4. The van der Waals surface area contributed by atoms with E-state index in [4.69, 9.17) is 4.42 Å². The molecule has 9 aromatic carbocycles. The number of para-hydroxylation sites is 4. The van der Waals surface area contributed by atoms with Gasteiger partial charge in [-0.05, 0) is 124 Å². The minimum Gasteiger partial charge on any atom is -0.456 e. The van der Waals surface area contributed by atoms with E-state index in [0.29, 0.717) is 0 Å². The Balaban J connectivity index is 1.12. The number of benzene rings is 9. The molecule has 0 atom stereocenters. The van der Waals surface area contributed by atoms with Crippen molar-refractivity contribution < 1.29 is 4.42 Å². The summed E-state index contributed by atoms with van der Waals surface area (Å²) in [6.45, 7) is 0. The molecule has 0 aliphatic carbocycles. The van der Waals surface area contributed by atoms with Crippen LogP contribution in [0.3, 0.4) is 0 Å². The molecule has 0 radical (unpaired) electrons. The first-order valence-electron chi connectivity index (χ1n) is 19.4. The summed E-state index contributed by atoms with van der Waals surface area (Å²) in [4.78, 5) is 2.36. The largest absolute Gasteiger partial charge is 0.456 e. The van der Waals surface area contributed by atoms with Crippen LogP contribution in [0.15, 0.2) is 223 Å². The van der Waals surface area contributed by atoms with Gasteiger partial charge in [0.1, 0.15) is 11.2 Å². The molecular weight excluding hydrogens is 693 g/mol. The van der Waals surface area contributed by atoms with E-state index < -0.39 is 0 Å². The average molecular weight is 729 g/mol. The van der Waals surface area contributed by atoms with E-state index in [9.17, 15) is 0 Å². The molecule has 0 saturated heterocycles. The van der Waals surface area contributed by atoms with Gasteiger partial charge in [0, 0.05) is 44.3 Å². The second-order valence-electron chi connectivity index (χ2n) is 14.6. The summed E-state index contributed by atoms with van der Waals surface area (Å²) in [6.07, 6.45) is 0. The zero-order valence-electron chi connectivity index (χ0n) is 31.1. The van der Waals surface area contributed by atoms with Crippen molar-refractivity contribution >= 4 is 60.8 Å². The Labute approximate surface area is 330 Å². The quantitative estimate of drug-likeness (QED) is 0.163. The highest BCUT2D eigenvalue weighted by Gasteiger charge is 2.18. The third-order valence-corrected chi connectivity index (χ3v) is 11.2. The zero-order valence-corrected chi connectivity index (χ0v) is 31.1. The first-order chi connectivity index (χ1) is 28.2. The molecule has 268 valence electrons. The van der Waals surface area contributed by atoms with Gasteiger partial charge in [-0.2, -0.15) is 0 Å². The van der Waals surface area contributed by atoms with Crippen LogP contribution in [0.4, 0.5) is 17.1 Å². The van der Waals surface area contributed by atoms with Gasteiger partial charge in [-0.1, -0.05) is 127 Å². The van der Waals surface area contributed by atoms with Crippen LogP contribution in [0.1, 0.15) is 0 Å². The third-order valence-electron chi connectivity index (χ3n) is 11.2. The third kappa shape index (κ3) is 5.76. The molecule has 0 saturated carbocycles. The van der Waals surface area contributed by atoms with Crippen LogP contribution in [0, 0.1) is 0 Å². The van der Waals surface area contributed by atoms with Crippen molar-refractivity contribution in [2.24, 2.45) is 0 Å². The lowest BCUT2D eigenvalue weighted by molar-refractivity contribution is 0.669. The van der Waals surface area contributed by atoms with Gasteiger partial charge in [0.05, 0.1) is 11.0 Å². The summed E-state index contributed by atoms with van der Waals surface area (Å²) in [5, 5.41) is 4.70. The highest BCUT2D eigenvalue weighted by Crippen LogP contribution is 2.42. The van der Waals surface area contributed by atoms with Crippen LogP contribution in [0.5, 0.6) is 0 Å². The second-order valence-corrected chi connectivity index (χ2v) is 14.6. The molecule has 0 aliphatic heterocycles. The fourth-order valence-electron chi connectivity index (χ4n) is 8.44. The fourth-order valence-corrected chi connectivity index (χ4v) is 8.44. The van der Waals surface area contributed by atoms with E-state index in [1.165, 1.54) is 32.9 Å². The SMILES string of the molecule is c1ccc(-c2ccc(N(c3ccccc3)c3cc(-c4ccc5c(c4)oc4ccccc45)cc(-c4ccc5c(c4)c4ccccc4n5-c4ccccc4)c3)cc2)cc1. The van der Waals surface area contributed by atoms with E-state index in [1.807, 2.05) is 12.1 Å². The number of nitrogens with zero attached hydrogens (tertiary/aromatic N) is 2. The van der Waals surface area contributed by atoms with Gasteiger partial charge in [0.15, 0.2) is 0 Å². The normalized spacial score (nSPS) is 11.5. The molecule has 0 bridgehead atoms. The van der Waals surface area contributed by atoms with Gasteiger partial charge >= 0.3 is 0 Å². The smallest absolute Gasteiger partial charge is 0.136 e. The molecule has 0 N–H and O–H groups in total. The summed E-state index contributed by atoms with van der Waals surface area (Å²) < 4.78 is 8.78. The highest BCUT2D eigenvalue weighted by molar-refractivity contribution is 6.11. The Hall–Kier alpha value is -7.62. The molecule has 11 rings (SSSR count). The van der Waals surface area contributed by atoms with E-state index in [2.05, 4.69) is 216 Å². The molecule has 57 heavy (non-hydrogen) atoms. The Morgan fingerprint density at radius 2 is 0.842 bits per heavy atom. The molecule has 0 unspecified atom stereocenters. The van der Waals surface area contributed by atoms with Crippen LogP contribution in [-0.2, 0) is 0 Å². The van der Waals surface area contributed by atoms with Gasteiger partial charge < -0.3 is 13.9 Å². The minimum absolute atomic E-state index is 0.882. The zero-order chi connectivity index (χ0) is 37.7. The number of fused-ring (bicyclic) bond motifs is 6. The Morgan fingerprint density at radius 3 is 1.61 bits per heavy atom. The van der Waals surface area contributed by atoms with E-state index >= 15 is 0 Å². The van der Waals surface area contributed by atoms with Crippen molar-refractivity contribution in [2.45, 2.75) is 0 Å². The van der Waals surface area contributed by atoms with Crippen molar-refractivity contribution in [1.82, 2.24) is 4.57 Å². The van der Waals surface area contributed by atoms with Crippen molar-refractivity contribution in [3.63, 3.8) is 0 Å². The minimum atomic E-state index is 0.882. The van der Waals surface area contributed by atoms with Gasteiger partial charge in [0.25, 0.3) is 0 Å². The van der Waals surface area contributed by atoms with Gasteiger partial charge in [-0.15, -0.1) is 0 Å². The highest BCUT2D eigenvalue weighted by atomic mass is 16.3. The van der Waals surface area contributed by atoms with Crippen molar-refractivity contribution in [3.05, 3.63) is 218 Å². The van der Waals surface area contributed by atoms with Crippen LogP contribution in [0.2, 0.25) is 0 Å². The summed E-state index contributed by atoms with van der Waals surface area (Å²) in [6, 6.07) is 78.2. The van der Waals surface area contributed by atoms with Gasteiger partial charge in [0.2, 0.25) is 0 Å². The predicted molar refractivity (Wildman–Crippen MR) is 239 cm³/mol.